The Morgan fingerprint density at radius 1 is 1.07 bits per heavy atom. The molecule has 0 spiro atoms. The fourth-order valence-corrected chi connectivity index (χ4v) is 3.16. The Morgan fingerprint density at radius 2 is 1.83 bits per heavy atom. The van der Waals surface area contributed by atoms with Gasteiger partial charge in [0.05, 0.1) is 19.9 Å². The van der Waals surface area contributed by atoms with Gasteiger partial charge in [-0.1, -0.05) is 36.4 Å². The quantitative estimate of drug-likeness (QED) is 0.563. The lowest BCUT2D eigenvalue weighted by atomic mass is 10.1. The van der Waals surface area contributed by atoms with Crippen molar-refractivity contribution >= 4 is 6.03 Å². The summed E-state index contributed by atoms with van der Waals surface area (Å²) in [4.78, 5) is 14.1. The van der Waals surface area contributed by atoms with Crippen molar-refractivity contribution < 1.29 is 14.3 Å². The summed E-state index contributed by atoms with van der Waals surface area (Å²) in [6.07, 6.45) is 1.67. The van der Waals surface area contributed by atoms with Crippen molar-refractivity contribution in [2.75, 3.05) is 27.8 Å². The summed E-state index contributed by atoms with van der Waals surface area (Å²) in [5.74, 6) is 1.31. The van der Waals surface area contributed by atoms with Gasteiger partial charge < -0.3 is 19.7 Å². The van der Waals surface area contributed by atoms with Crippen molar-refractivity contribution in [1.82, 2.24) is 20.4 Å². The molecular weight excluding hydrogens is 380 g/mol. The Labute approximate surface area is 177 Å². The van der Waals surface area contributed by atoms with Crippen molar-refractivity contribution in [1.29, 1.82) is 0 Å². The molecule has 30 heavy (non-hydrogen) atoms. The van der Waals surface area contributed by atoms with Crippen molar-refractivity contribution in [3.63, 3.8) is 0 Å². The summed E-state index contributed by atoms with van der Waals surface area (Å²) in [5.41, 5.74) is 4.03. The van der Waals surface area contributed by atoms with E-state index in [-0.39, 0.29) is 6.03 Å². The number of hydrogen-bond acceptors (Lipinski definition) is 4. The fraction of sp³-hybridized carbons (Fsp3) is 0.304. The van der Waals surface area contributed by atoms with Crippen molar-refractivity contribution in [3.05, 3.63) is 65.9 Å². The van der Waals surface area contributed by atoms with E-state index in [9.17, 15) is 4.79 Å². The predicted octanol–water partition coefficient (Wildman–Crippen LogP) is 3.87. The highest BCUT2D eigenvalue weighted by molar-refractivity contribution is 5.73. The molecule has 0 saturated heterocycles. The lowest BCUT2D eigenvalue weighted by Crippen LogP contribution is -2.37. The minimum absolute atomic E-state index is 0.112. The first-order valence-electron chi connectivity index (χ1n) is 9.90. The molecule has 2 N–H and O–H groups in total. The van der Waals surface area contributed by atoms with Crippen LogP contribution in [0.1, 0.15) is 17.7 Å². The third kappa shape index (κ3) is 5.53. The third-order valence-corrected chi connectivity index (χ3v) is 4.88. The van der Waals surface area contributed by atoms with Crippen LogP contribution in [0.4, 0.5) is 4.79 Å². The molecule has 0 bridgehead atoms. The van der Waals surface area contributed by atoms with Gasteiger partial charge in [-0.05, 0) is 36.6 Å². The molecule has 0 unspecified atom stereocenters. The summed E-state index contributed by atoms with van der Waals surface area (Å²) >= 11 is 0. The predicted molar refractivity (Wildman–Crippen MR) is 117 cm³/mol. The van der Waals surface area contributed by atoms with E-state index in [1.807, 2.05) is 48.5 Å². The molecule has 0 atom stereocenters. The maximum atomic E-state index is 12.4. The highest BCUT2D eigenvalue weighted by atomic mass is 16.5. The number of H-pyrrole nitrogens is 1. The number of rotatable bonds is 9. The van der Waals surface area contributed by atoms with Crippen molar-refractivity contribution in [2.45, 2.75) is 19.4 Å². The number of aryl methyl sites for hydroxylation is 1. The smallest absolute Gasteiger partial charge is 0.317 e. The van der Waals surface area contributed by atoms with Crippen molar-refractivity contribution in [2.24, 2.45) is 0 Å². The van der Waals surface area contributed by atoms with Gasteiger partial charge >= 0.3 is 6.03 Å². The van der Waals surface area contributed by atoms with Gasteiger partial charge in [0.25, 0.3) is 0 Å². The first-order valence-corrected chi connectivity index (χ1v) is 9.90. The number of nitrogens with zero attached hydrogens (tertiary/aromatic N) is 2. The molecule has 7 nitrogen and oxygen atoms in total. The molecule has 0 fully saturated rings. The van der Waals surface area contributed by atoms with Crippen LogP contribution < -0.4 is 14.8 Å². The molecule has 0 aliphatic rings. The van der Waals surface area contributed by atoms with Gasteiger partial charge in [0.15, 0.2) is 11.5 Å². The number of carbonyl (C=O) groups is 1. The van der Waals surface area contributed by atoms with E-state index in [1.165, 1.54) is 0 Å². The van der Waals surface area contributed by atoms with Crippen LogP contribution in [0.2, 0.25) is 0 Å². The van der Waals surface area contributed by atoms with E-state index in [1.54, 1.807) is 26.2 Å². The molecule has 2 amide bonds. The molecule has 0 aliphatic carbocycles. The number of aromatic amines is 1. The third-order valence-electron chi connectivity index (χ3n) is 4.88. The lowest BCUT2D eigenvalue weighted by Gasteiger charge is -2.18. The van der Waals surface area contributed by atoms with Crippen LogP contribution in [0.25, 0.3) is 11.3 Å². The van der Waals surface area contributed by atoms with Gasteiger partial charge in [-0.25, -0.2) is 4.79 Å². The fourth-order valence-electron chi connectivity index (χ4n) is 3.16. The van der Waals surface area contributed by atoms with Crippen LogP contribution in [0.3, 0.4) is 0 Å². The van der Waals surface area contributed by atoms with E-state index in [2.05, 4.69) is 21.6 Å². The van der Waals surface area contributed by atoms with E-state index >= 15 is 0 Å². The number of carbonyl (C=O) groups excluding carboxylic acids is 1. The van der Waals surface area contributed by atoms with Crippen LogP contribution in [0.15, 0.2) is 54.6 Å². The van der Waals surface area contributed by atoms with Gasteiger partial charge in [0.1, 0.15) is 0 Å². The highest BCUT2D eigenvalue weighted by Crippen LogP contribution is 2.27. The van der Waals surface area contributed by atoms with E-state index in [0.717, 1.165) is 35.4 Å². The number of hydrogen-bond donors (Lipinski definition) is 2. The first-order chi connectivity index (χ1) is 14.6. The topological polar surface area (TPSA) is 79.5 Å². The van der Waals surface area contributed by atoms with E-state index < -0.39 is 0 Å². The zero-order valence-electron chi connectivity index (χ0n) is 17.6. The molecule has 1 aromatic heterocycles. The molecule has 1 heterocycles. The first kappa shape index (κ1) is 21.2. The monoisotopic (exact) mass is 408 g/mol. The molecule has 0 saturated carbocycles. The number of ether oxygens (including phenoxy) is 2. The number of aromatic nitrogens is 2. The van der Waals surface area contributed by atoms with Crippen LogP contribution in [-0.4, -0.2) is 48.9 Å². The zero-order chi connectivity index (χ0) is 21.3. The van der Waals surface area contributed by atoms with E-state index in [0.29, 0.717) is 24.6 Å². The Bertz CT molecular complexity index is 956. The average molecular weight is 409 g/mol. The second-order valence-electron chi connectivity index (χ2n) is 7.02. The highest BCUT2D eigenvalue weighted by Gasteiger charge is 2.10. The molecule has 0 radical (unpaired) electrons. The molecule has 2 aromatic carbocycles. The number of benzene rings is 2. The Kier molecular flexibility index (Phi) is 7.32. The summed E-state index contributed by atoms with van der Waals surface area (Å²) < 4.78 is 10.5. The van der Waals surface area contributed by atoms with Crippen molar-refractivity contribution in [3.8, 4) is 22.8 Å². The van der Waals surface area contributed by atoms with Gasteiger partial charge in [-0.15, -0.1) is 0 Å². The minimum Gasteiger partial charge on any atom is -0.493 e. The normalized spacial score (nSPS) is 10.5. The van der Waals surface area contributed by atoms with E-state index in [4.69, 9.17) is 9.47 Å². The number of methoxy groups -OCH3 is 2. The number of urea groups is 1. The second-order valence-corrected chi connectivity index (χ2v) is 7.02. The molecule has 3 rings (SSSR count). The summed E-state index contributed by atoms with van der Waals surface area (Å²) in [6.45, 7) is 1.07. The molecule has 158 valence electrons. The Morgan fingerprint density at radius 3 is 2.57 bits per heavy atom. The lowest BCUT2D eigenvalue weighted by molar-refractivity contribution is 0.208. The van der Waals surface area contributed by atoms with Gasteiger partial charge in [-0.2, -0.15) is 5.10 Å². The summed E-state index contributed by atoms with van der Waals surface area (Å²) in [7, 11) is 4.99. The summed E-state index contributed by atoms with van der Waals surface area (Å²) in [5, 5.41) is 10.4. The van der Waals surface area contributed by atoms with Crippen LogP contribution in [-0.2, 0) is 13.0 Å². The van der Waals surface area contributed by atoms with Gasteiger partial charge in [0.2, 0.25) is 0 Å². The SMILES string of the molecule is COc1ccc(CNC(=O)N(C)CCCc2cc(-c3ccccc3)n[nH]2)cc1OC. The number of amides is 2. The largest absolute Gasteiger partial charge is 0.493 e. The summed E-state index contributed by atoms with van der Waals surface area (Å²) in [6, 6.07) is 17.6. The van der Waals surface area contributed by atoms with Crippen LogP contribution >= 0.6 is 0 Å². The second kappa shape index (κ2) is 10.3. The molecule has 0 aliphatic heterocycles. The average Bonchev–Trinajstić information content (AvgIpc) is 3.26. The maximum absolute atomic E-state index is 12.4. The standard InChI is InChI=1S/C23H28N4O3/c1-27(23(28)24-16-17-11-12-21(29-2)22(14-17)30-3)13-7-10-19-15-20(26-25-19)18-8-5-4-6-9-18/h4-6,8-9,11-12,14-15H,7,10,13,16H2,1-3H3,(H,24,28)(H,25,26). The zero-order valence-corrected chi connectivity index (χ0v) is 17.6. The molecule has 3 aromatic rings. The van der Waals surface area contributed by atoms with Crippen LogP contribution in [0.5, 0.6) is 11.5 Å². The van der Waals surface area contributed by atoms with Gasteiger partial charge in [-0.3, -0.25) is 5.10 Å². The Hall–Kier alpha value is -3.48. The van der Waals surface area contributed by atoms with Crippen LogP contribution in [0, 0.1) is 0 Å². The molecular formula is C23H28N4O3. The molecule has 7 heteroatoms. The maximum Gasteiger partial charge on any atom is 0.317 e. The number of nitrogens with one attached hydrogen (secondary N) is 2. The Balaban J connectivity index is 1.43. The minimum atomic E-state index is -0.112. The van der Waals surface area contributed by atoms with Gasteiger partial charge in [0, 0.05) is 31.4 Å².